The molecule has 0 spiro atoms. The van der Waals surface area contributed by atoms with Crippen molar-refractivity contribution >= 4 is 16.7 Å². The highest BCUT2D eigenvalue weighted by Crippen LogP contribution is 2.43. The number of ketones is 1. The minimum atomic E-state index is 0.228. The van der Waals surface area contributed by atoms with Crippen LogP contribution in [-0.2, 0) is 0 Å². The van der Waals surface area contributed by atoms with E-state index in [4.69, 9.17) is 4.74 Å². The first-order valence-electron chi connectivity index (χ1n) is 11.0. The second-order valence-corrected chi connectivity index (χ2v) is 8.84. The summed E-state index contributed by atoms with van der Waals surface area (Å²) < 4.78 is 7.48. The summed E-state index contributed by atoms with van der Waals surface area (Å²) >= 11 is 0. The molecule has 2 aromatic carbocycles. The number of methoxy groups -OCH3 is 1. The van der Waals surface area contributed by atoms with Crippen LogP contribution in [0.3, 0.4) is 0 Å². The molecule has 1 unspecified atom stereocenters. The standard InChI is InChI=1S/C26H29NO2/c1-29-24-12-13-25-21(17-24)14-15-27(25)23-10-8-19(9-11-23)26(28)22-7-6-20(16-22)18-4-2-3-5-18/h8-15,17-18,20,22H,2-7,16H2,1H3/t20-,22?/m0/s1. The summed E-state index contributed by atoms with van der Waals surface area (Å²) in [7, 11) is 1.69. The van der Waals surface area contributed by atoms with Gasteiger partial charge in [0.05, 0.1) is 12.6 Å². The summed E-state index contributed by atoms with van der Waals surface area (Å²) in [6, 6.07) is 16.4. The lowest BCUT2D eigenvalue weighted by Crippen LogP contribution is -2.14. The summed E-state index contributed by atoms with van der Waals surface area (Å²) in [5.74, 6) is 3.11. The zero-order chi connectivity index (χ0) is 19.8. The predicted octanol–water partition coefficient (Wildman–Crippen LogP) is 6.43. The van der Waals surface area contributed by atoms with Gasteiger partial charge in [0.15, 0.2) is 5.78 Å². The second-order valence-electron chi connectivity index (χ2n) is 8.84. The van der Waals surface area contributed by atoms with Crippen LogP contribution in [0.4, 0.5) is 0 Å². The van der Waals surface area contributed by atoms with Crippen molar-refractivity contribution in [1.82, 2.24) is 4.57 Å². The fourth-order valence-corrected chi connectivity index (χ4v) is 5.61. The maximum atomic E-state index is 13.1. The van der Waals surface area contributed by atoms with Gasteiger partial charge in [-0.3, -0.25) is 4.79 Å². The quantitative estimate of drug-likeness (QED) is 0.473. The van der Waals surface area contributed by atoms with Crippen LogP contribution in [-0.4, -0.2) is 17.5 Å². The van der Waals surface area contributed by atoms with Gasteiger partial charge in [0, 0.05) is 28.8 Å². The van der Waals surface area contributed by atoms with E-state index < -0.39 is 0 Å². The third-order valence-corrected chi connectivity index (χ3v) is 7.24. The first-order valence-corrected chi connectivity index (χ1v) is 11.0. The molecule has 1 aromatic heterocycles. The molecule has 0 amide bonds. The fraction of sp³-hybridized carbons (Fsp3) is 0.423. The third kappa shape index (κ3) is 3.48. The molecule has 2 atom stereocenters. The molecule has 2 aliphatic rings. The number of fused-ring (bicyclic) bond motifs is 1. The van der Waals surface area contributed by atoms with E-state index in [0.717, 1.165) is 52.6 Å². The molecule has 2 aliphatic carbocycles. The van der Waals surface area contributed by atoms with Gasteiger partial charge in [-0.1, -0.05) is 25.7 Å². The predicted molar refractivity (Wildman–Crippen MR) is 117 cm³/mol. The molecule has 2 saturated carbocycles. The van der Waals surface area contributed by atoms with E-state index in [9.17, 15) is 4.79 Å². The smallest absolute Gasteiger partial charge is 0.165 e. The SMILES string of the molecule is COc1ccc2c(ccn2-c2ccc(C(=O)C3CC[C@H](C4CCCC4)C3)cc2)c1. The molecule has 3 heteroatoms. The van der Waals surface area contributed by atoms with Crippen molar-refractivity contribution in [3.8, 4) is 11.4 Å². The lowest BCUT2D eigenvalue weighted by molar-refractivity contribution is 0.0917. The Bertz CT molecular complexity index is 1010. The number of carbonyl (C=O) groups is 1. The lowest BCUT2D eigenvalue weighted by Gasteiger charge is -2.17. The number of Topliss-reactive ketones (excluding diaryl/α,β-unsaturated/α-hetero) is 1. The number of hydrogen-bond donors (Lipinski definition) is 0. The molecule has 0 aliphatic heterocycles. The Labute approximate surface area is 172 Å². The molecule has 0 radical (unpaired) electrons. The summed E-state index contributed by atoms with van der Waals surface area (Å²) in [6.45, 7) is 0. The number of carbonyl (C=O) groups excluding carboxylic acids is 1. The van der Waals surface area contributed by atoms with E-state index in [2.05, 4.69) is 35.0 Å². The molecular weight excluding hydrogens is 358 g/mol. The largest absolute Gasteiger partial charge is 0.497 e. The van der Waals surface area contributed by atoms with Gasteiger partial charge >= 0.3 is 0 Å². The van der Waals surface area contributed by atoms with Crippen LogP contribution < -0.4 is 4.74 Å². The van der Waals surface area contributed by atoms with Gasteiger partial charge in [0.2, 0.25) is 0 Å². The first-order chi connectivity index (χ1) is 14.2. The van der Waals surface area contributed by atoms with Gasteiger partial charge in [-0.2, -0.15) is 0 Å². The van der Waals surface area contributed by atoms with E-state index in [1.807, 2.05) is 24.3 Å². The third-order valence-electron chi connectivity index (χ3n) is 7.24. The van der Waals surface area contributed by atoms with Crippen LogP contribution in [0.1, 0.15) is 55.3 Å². The van der Waals surface area contributed by atoms with Crippen molar-refractivity contribution in [2.45, 2.75) is 44.9 Å². The summed E-state index contributed by atoms with van der Waals surface area (Å²) in [5, 5.41) is 1.15. The molecule has 0 bridgehead atoms. The average molecular weight is 388 g/mol. The number of ether oxygens (including phenoxy) is 1. The van der Waals surface area contributed by atoms with Crippen molar-refractivity contribution in [1.29, 1.82) is 0 Å². The van der Waals surface area contributed by atoms with Crippen LogP contribution in [0.2, 0.25) is 0 Å². The molecule has 5 rings (SSSR count). The highest BCUT2D eigenvalue weighted by molar-refractivity contribution is 5.98. The van der Waals surface area contributed by atoms with Crippen molar-refractivity contribution in [2.24, 2.45) is 17.8 Å². The monoisotopic (exact) mass is 387 g/mol. The Morgan fingerprint density at radius 2 is 1.72 bits per heavy atom. The van der Waals surface area contributed by atoms with Crippen LogP contribution in [0.25, 0.3) is 16.6 Å². The van der Waals surface area contributed by atoms with Crippen LogP contribution in [0.15, 0.2) is 54.7 Å². The number of nitrogens with zero attached hydrogens (tertiary/aromatic N) is 1. The van der Waals surface area contributed by atoms with Crippen LogP contribution in [0.5, 0.6) is 5.75 Å². The highest BCUT2D eigenvalue weighted by Gasteiger charge is 2.35. The maximum Gasteiger partial charge on any atom is 0.165 e. The van der Waals surface area contributed by atoms with Crippen molar-refractivity contribution in [2.75, 3.05) is 7.11 Å². The maximum absolute atomic E-state index is 13.1. The van der Waals surface area contributed by atoms with Gasteiger partial charge in [-0.25, -0.2) is 0 Å². The molecule has 3 nitrogen and oxygen atoms in total. The topological polar surface area (TPSA) is 31.2 Å². The number of aromatic nitrogens is 1. The number of hydrogen-bond acceptors (Lipinski definition) is 2. The van der Waals surface area contributed by atoms with Gasteiger partial charge in [-0.15, -0.1) is 0 Å². The van der Waals surface area contributed by atoms with Crippen LogP contribution >= 0.6 is 0 Å². The van der Waals surface area contributed by atoms with Gasteiger partial charge in [-0.05, 0) is 79.6 Å². The average Bonchev–Trinajstić information content (AvgIpc) is 3.53. The second kappa shape index (κ2) is 7.70. The van der Waals surface area contributed by atoms with Crippen molar-refractivity contribution in [3.63, 3.8) is 0 Å². The van der Waals surface area contributed by atoms with Gasteiger partial charge in [0.25, 0.3) is 0 Å². The zero-order valence-corrected chi connectivity index (χ0v) is 17.1. The Morgan fingerprint density at radius 3 is 2.48 bits per heavy atom. The zero-order valence-electron chi connectivity index (χ0n) is 17.1. The number of benzene rings is 2. The normalized spacial score (nSPS) is 22.4. The molecule has 1 heterocycles. The summed E-state index contributed by atoms with van der Waals surface area (Å²) in [5.41, 5.74) is 3.08. The molecule has 29 heavy (non-hydrogen) atoms. The fourth-order valence-electron chi connectivity index (χ4n) is 5.61. The minimum Gasteiger partial charge on any atom is -0.497 e. The Morgan fingerprint density at radius 1 is 0.931 bits per heavy atom. The molecular formula is C26H29NO2. The van der Waals surface area contributed by atoms with Gasteiger partial charge in [0.1, 0.15) is 5.75 Å². The van der Waals surface area contributed by atoms with E-state index >= 15 is 0 Å². The molecule has 2 fully saturated rings. The van der Waals surface area contributed by atoms with Crippen LogP contribution in [0, 0.1) is 17.8 Å². The summed E-state index contributed by atoms with van der Waals surface area (Å²) in [4.78, 5) is 13.1. The van der Waals surface area contributed by atoms with E-state index in [1.54, 1.807) is 7.11 Å². The van der Waals surface area contributed by atoms with E-state index in [0.29, 0.717) is 5.78 Å². The number of rotatable bonds is 5. The molecule has 3 aromatic rings. The van der Waals surface area contributed by atoms with E-state index in [1.165, 1.54) is 32.1 Å². The molecule has 150 valence electrons. The highest BCUT2D eigenvalue weighted by atomic mass is 16.5. The van der Waals surface area contributed by atoms with Crippen molar-refractivity contribution < 1.29 is 9.53 Å². The lowest BCUT2D eigenvalue weighted by atomic mass is 9.87. The Hall–Kier alpha value is -2.55. The van der Waals surface area contributed by atoms with Gasteiger partial charge < -0.3 is 9.30 Å². The summed E-state index contributed by atoms with van der Waals surface area (Å²) in [6.07, 6.45) is 11.1. The Balaban J connectivity index is 1.32. The van der Waals surface area contributed by atoms with Crippen molar-refractivity contribution in [3.05, 3.63) is 60.3 Å². The minimum absolute atomic E-state index is 0.228. The molecule has 0 saturated heterocycles. The Kier molecular flexibility index (Phi) is 4.91. The first kappa shape index (κ1) is 18.5. The molecule has 0 N–H and O–H groups in total. The van der Waals surface area contributed by atoms with E-state index in [-0.39, 0.29) is 5.92 Å².